The molecule has 0 N–H and O–H groups in total. The van der Waals surface area contributed by atoms with Crippen molar-refractivity contribution in [1.82, 2.24) is 14.9 Å². The highest BCUT2D eigenvalue weighted by Gasteiger charge is 2.36. The zero-order valence-corrected chi connectivity index (χ0v) is 18.5. The number of para-hydroxylation sites is 2. The quantitative estimate of drug-likeness (QED) is 0.443. The molecule has 0 spiro atoms. The van der Waals surface area contributed by atoms with E-state index in [1.807, 2.05) is 40.6 Å². The Hall–Kier alpha value is -2.65. The predicted octanol–water partition coefficient (Wildman–Crippen LogP) is 3.59. The molecule has 2 amide bonds. The van der Waals surface area contributed by atoms with Gasteiger partial charge in [-0.1, -0.05) is 23.9 Å². The minimum absolute atomic E-state index is 0.0320. The van der Waals surface area contributed by atoms with Gasteiger partial charge in [-0.3, -0.25) is 9.59 Å². The number of nitrogens with zero attached hydrogens (tertiary/aromatic N) is 4. The summed E-state index contributed by atoms with van der Waals surface area (Å²) in [5.41, 5.74) is 0.708. The Bertz CT molecular complexity index is 1110. The van der Waals surface area contributed by atoms with Crippen LogP contribution >= 0.6 is 23.1 Å². The Morgan fingerprint density at radius 3 is 2.84 bits per heavy atom. The highest BCUT2D eigenvalue weighted by molar-refractivity contribution is 8.00. The number of ether oxygens (including phenoxy) is 1. The van der Waals surface area contributed by atoms with Crippen LogP contribution in [0.25, 0.3) is 10.2 Å². The monoisotopic (exact) mass is 454 g/mol. The van der Waals surface area contributed by atoms with E-state index < -0.39 is 6.10 Å². The average molecular weight is 455 g/mol. The van der Waals surface area contributed by atoms with Crippen molar-refractivity contribution in [2.45, 2.75) is 30.4 Å². The number of likely N-dealkylation sites (tertiary alicyclic amines) is 1. The molecular formula is C22H22N4O3S2. The molecule has 1 fully saturated rings. The van der Waals surface area contributed by atoms with Crippen LogP contribution in [0, 0.1) is 0 Å². The molecule has 31 heavy (non-hydrogen) atoms. The minimum Gasteiger partial charge on any atom is -0.476 e. The fourth-order valence-corrected chi connectivity index (χ4v) is 5.66. The summed E-state index contributed by atoms with van der Waals surface area (Å²) in [6.45, 7) is 1.74. The van der Waals surface area contributed by atoms with Crippen LogP contribution in [0.4, 0.5) is 5.69 Å². The molecule has 4 heterocycles. The predicted molar refractivity (Wildman–Crippen MR) is 122 cm³/mol. The van der Waals surface area contributed by atoms with Crippen molar-refractivity contribution >= 4 is 50.8 Å². The molecule has 0 saturated carbocycles. The Labute approximate surface area is 188 Å². The maximum atomic E-state index is 13.2. The van der Waals surface area contributed by atoms with Crippen LogP contribution in [-0.4, -0.2) is 58.2 Å². The molecule has 1 atom stereocenters. The van der Waals surface area contributed by atoms with E-state index >= 15 is 0 Å². The SMILES string of the molecule is O=C([C@@H]1CN(C(=O)CSc2ncnc3sccc23)c2ccccc2O1)N1CCCCC1. The van der Waals surface area contributed by atoms with Gasteiger partial charge in [0.2, 0.25) is 5.91 Å². The Kier molecular flexibility index (Phi) is 5.78. The molecule has 5 rings (SSSR count). The lowest BCUT2D eigenvalue weighted by molar-refractivity contribution is -0.139. The number of anilines is 1. The van der Waals surface area contributed by atoms with E-state index in [-0.39, 0.29) is 24.1 Å². The first-order valence-corrected chi connectivity index (χ1v) is 12.2. The molecule has 0 radical (unpaired) electrons. The summed E-state index contributed by atoms with van der Waals surface area (Å²) in [5.74, 6) is 0.695. The second kappa shape index (κ2) is 8.84. The van der Waals surface area contributed by atoms with Gasteiger partial charge >= 0.3 is 0 Å². The van der Waals surface area contributed by atoms with Gasteiger partial charge in [0.15, 0.2) is 6.10 Å². The number of piperidine rings is 1. The Morgan fingerprint density at radius 1 is 1.13 bits per heavy atom. The van der Waals surface area contributed by atoms with Crippen LogP contribution in [0.1, 0.15) is 19.3 Å². The lowest BCUT2D eigenvalue weighted by atomic mass is 10.1. The van der Waals surface area contributed by atoms with Gasteiger partial charge in [0.1, 0.15) is 21.9 Å². The molecule has 9 heteroatoms. The number of carbonyl (C=O) groups excluding carboxylic acids is 2. The van der Waals surface area contributed by atoms with Crippen LogP contribution < -0.4 is 9.64 Å². The first-order valence-electron chi connectivity index (χ1n) is 10.4. The number of thioether (sulfide) groups is 1. The number of thiophene rings is 1. The van der Waals surface area contributed by atoms with Crippen LogP contribution in [-0.2, 0) is 9.59 Å². The highest BCUT2D eigenvalue weighted by Crippen LogP contribution is 2.35. The Balaban J connectivity index is 1.34. The standard InChI is InChI=1S/C22H22N4O3S2/c27-19(13-31-21-15-8-11-30-20(15)23-14-24-21)26-12-18(22(28)25-9-4-1-5-10-25)29-17-7-3-2-6-16(17)26/h2-3,6-8,11,14,18H,1,4-5,9-10,12-13H2/t18-/m0/s1. The van der Waals surface area contributed by atoms with Crippen molar-refractivity contribution in [1.29, 1.82) is 0 Å². The van der Waals surface area contributed by atoms with Gasteiger partial charge < -0.3 is 14.5 Å². The summed E-state index contributed by atoms with van der Waals surface area (Å²) in [6, 6.07) is 9.39. The molecule has 1 saturated heterocycles. The van der Waals surface area contributed by atoms with Crippen molar-refractivity contribution in [3.05, 3.63) is 42.0 Å². The molecule has 2 aliphatic rings. The first-order chi connectivity index (χ1) is 15.2. The van der Waals surface area contributed by atoms with Crippen LogP contribution in [0.15, 0.2) is 47.1 Å². The fourth-order valence-electron chi connectivity index (χ4n) is 4.01. The molecule has 0 aliphatic carbocycles. The summed E-state index contributed by atoms with van der Waals surface area (Å²) in [5, 5.41) is 3.73. The van der Waals surface area contributed by atoms with Crippen molar-refractivity contribution in [3.63, 3.8) is 0 Å². The molecule has 160 valence electrons. The summed E-state index contributed by atoms with van der Waals surface area (Å²) < 4.78 is 6.03. The number of carbonyl (C=O) groups is 2. The fraction of sp³-hybridized carbons (Fsp3) is 0.364. The van der Waals surface area contributed by atoms with Crippen LogP contribution in [0.3, 0.4) is 0 Å². The van der Waals surface area contributed by atoms with Gasteiger partial charge in [-0.15, -0.1) is 11.3 Å². The normalized spacial score (nSPS) is 18.5. The van der Waals surface area contributed by atoms with Gasteiger partial charge in [-0.05, 0) is 42.8 Å². The molecule has 2 aliphatic heterocycles. The van der Waals surface area contributed by atoms with Crippen LogP contribution in [0.5, 0.6) is 5.75 Å². The van der Waals surface area contributed by atoms with E-state index in [9.17, 15) is 9.59 Å². The summed E-state index contributed by atoms with van der Waals surface area (Å²) in [4.78, 5) is 39.4. The second-order valence-electron chi connectivity index (χ2n) is 7.57. The van der Waals surface area contributed by atoms with E-state index in [2.05, 4.69) is 9.97 Å². The molecule has 2 aromatic heterocycles. The molecule has 0 unspecified atom stereocenters. The van der Waals surface area contributed by atoms with E-state index in [4.69, 9.17) is 4.74 Å². The van der Waals surface area contributed by atoms with Crippen LogP contribution in [0.2, 0.25) is 0 Å². The summed E-state index contributed by atoms with van der Waals surface area (Å²) in [7, 11) is 0. The number of hydrogen-bond acceptors (Lipinski definition) is 7. The average Bonchev–Trinajstić information content (AvgIpc) is 3.31. The molecule has 0 bridgehead atoms. The molecule has 3 aromatic rings. The number of hydrogen-bond donors (Lipinski definition) is 0. The summed E-state index contributed by atoms with van der Waals surface area (Å²) >= 11 is 2.95. The third-order valence-corrected chi connectivity index (χ3v) is 7.39. The topological polar surface area (TPSA) is 75.6 Å². The van der Waals surface area contributed by atoms with Gasteiger partial charge in [0.25, 0.3) is 5.91 Å². The third kappa shape index (κ3) is 4.12. The number of fused-ring (bicyclic) bond motifs is 2. The van der Waals surface area contributed by atoms with Gasteiger partial charge in [0, 0.05) is 18.5 Å². The maximum Gasteiger partial charge on any atom is 0.265 e. The number of rotatable bonds is 4. The lowest BCUT2D eigenvalue weighted by Crippen LogP contribution is -2.53. The van der Waals surface area contributed by atoms with E-state index in [1.165, 1.54) is 18.1 Å². The van der Waals surface area contributed by atoms with Crippen molar-refractivity contribution < 1.29 is 14.3 Å². The number of amides is 2. The largest absolute Gasteiger partial charge is 0.476 e. The number of benzene rings is 1. The molecule has 1 aromatic carbocycles. The maximum absolute atomic E-state index is 13.2. The Morgan fingerprint density at radius 2 is 1.97 bits per heavy atom. The highest BCUT2D eigenvalue weighted by atomic mass is 32.2. The molecular weight excluding hydrogens is 432 g/mol. The van der Waals surface area contributed by atoms with Gasteiger partial charge in [0.05, 0.1) is 18.0 Å². The zero-order chi connectivity index (χ0) is 21.2. The molecule has 7 nitrogen and oxygen atoms in total. The van der Waals surface area contributed by atoms with Crippen molar-refractivity contribution in [2.75, 3.05) is 30.3 Å². The first kappa shape index (κ1) is 20.3. The number of aromatic nitrogens is 2. The minimum atomic E-state index is -0.676. The third-order valence-electron chi connectivity index (χ3n) is 5.58. The van der Waals surface area contributed by atoms with Crippen molar-refractivity contribution in [2.24, 2.45) is 0 Å². The summed E-state index contributed by atoms with van der Waals surface area (Å²) in [6.07, 6.45) is 4.04. The van der Waals surface area contributed by atoms with E-state index in [0.29, 0.717) is 11.4 Å². The lowest BCUT2D eigenvalue weighted by Gasteiger charge is -2.37. The van der Waals surface area contributed by atoms with E-state index in [0.717, 1.165) is 47.6 Å². The van der Waals surface area contributed by atoms with Crippen molar-refractivity contribution in [3.8, 4) is 5.75 Å². The van der Waals surface area contributed by atoms with Gasteiger partial charge in [-0.25, -0.2) is 9.97 Å². The smallest absolute Gasteiger partial charge is 0.265 e. The zero-order valence-electron chi connectivity index (χ0n) is 16.9. The van der Waals surface area contributed by atoms with Gasteiger partial charge in [-0.2, -0.15) is 0 Å². The van der Waals surface area contributed by atoms with E-state index in [1.54, 1.807) is 16.2 Å². The second-order valence-corrected chi connectivity index (χ2v) is 9.43.